The van der Waals surface area contributed by atoms with Crippen LogP contribution in [0.4, 0.5) is 0 Å². The van der Waals surface area contributed by atoms with Crippen LogP contribution in [0.3, 0.4) is 0 Å². The molecule has 3 aliphatic rings. The van der Waals surface area contributed by atoms with Gasteiger partial charge in [-0.1, -0.05) is 39.8 Å². The summed E-state index contributed by atoms with van der Waals surface area (Å²) in [7, 11) is 0. The van der Waals surface area contributed by atoms with E-state index in [0.29, 0.717) is 19.5 Å². The Bertz CT molecular complexity index is 890. The largest absolute Gasteiger partial charge is 0.341 e. The molecule has 0 bridgehead atoms. The first kappa shape index (κ1) is 18.4. The Morgan fingerprint density at radius 1 is 1.26 bits per heavy atom. The van der Waals surface area contributed by atoms with Crippen LogP contribution < -0.4 is 0 Å². The second kappa shape index (κ2) is 5.54. The highest BCUT2D eigenvalue weighted by Crippen LogP contribution is 2.66. The van der Waals surface area contributed by atoms with Gasteiger partial charge in [-0.2, -0.15) is 5.26 Å². The molecule has 2 aliphatic carbocycles. The zero-order valence-corrected chi connectivity index (χ0v) is 17.3. The SMILES string of the molecule is CC1(C)C[C@@]2(C=C(C#N)C1=O)CCN(C(=O)C1(c3cccs3)CC1(C)C)C2. The van der Waals surface area contributed by atoms with Gasteiger partial charge in [-0.05, 0) is 36.1 Å². The van der Waals surface area contributed by atoms with Gasteiger partial charge in [0.15, 0.2) is 5.78 Å². The molecule has 27 heavy (non-hydrogen) atoms. The maximum Gasteiger partial charge on any atom is 0.234 e. The first-order chi connectivity index (χ1) is 12.6. The Morgan fingerprint density at radius 2 is 1.96 bits per heavy atom. The third-order valence-electron chi connectivity index (χ3n) is 6.94. The number of rotatable bonds is 2. The van der Waals surface area contributed by atoms with Crippen LogP contribution in [-0.4, -0.2) is 29.7 Å². The van der Waals surface area contributed by atoms with E-state index < -0.39 is 10.8 Å². The Balaban J connectivity index is 1.64. The molecule has 2 heterocycles. The molecule has 0 radical (unpaired) electrons. The molecular weight excluding hydrogens is 356 g/mol. The molecule has 2 fully saturated rings. The molecule has 2 atom stereocenters. The van der Waals surface area contributed by atoms with E-state index in [4.69, 9.17) is 0 Å². The molecule has 1 aromatic heterocycles. The van der Waals surface area contributed by atoms with Gasteiger partial charge in [0.1, 0.15) is 6.07 Å². The third-order valence-corrected chi connectivity index (χ3v) is 7.97. The fourth-order valence-electron chi connectivity index (χ4n) is 5.46. The highest BCUT2D eigenvalue weighted by Gasteiger charge is 2.69. The summed E-state index contributed by atoms with van der Waals surface area (Å²) in [6.45, 7) is 9.49. The fourth-order valence-corrected chi connectivity index (χ4v) is 6.56. The van der Waals surface area contributed by atoms with Gasteiger partial charge in [-0.15, -0.1) is 11.3 Å². The van der Waals surface area contributed by atoms with Gasteiger partial charge in [0.2, 0.25) is 5.91 Å². The lowest BCUT2D eigenvalue weighted by molar-refractivity contribution is -0.134. The predicted molar refractivity (Wildman–Crippen MR) is 105 cm³/mol. The summed E-state index contributed by atoms with van der Waals surface area (Å²) in [5, 5.41) is 11.5. The van der Waals surface area contributed by atoms with E-state index in [1.807, 2.05) is 36.3 Å². The number of nitriles is 1. The Labute approximate surface area is 164 Å². The molecule has 1 aromatic rings. The molecule has 1 spiro atoms. The van der Waals surface area contributed by atoms with E-state index >= 15 is 0 Å². The van der Waals surface area contributed by atoms with Crippen molar-refractivity contribution in [2.24, 2.45) is 16.2 Å². The first-order valence-corrected chi connectivity index (χ1v) is 10.5. The first-order valence-electron chi connectivity index (χ1n) is 9.58. The van der Waals surface area contributed by atoms with Crippen molar-refractivity contribution in [3.63, 3.8) is 0 Å². The molecule has 4 nitrogen and oxygen atoms in total. The smallest absolute Gasteiger partial charge is 0.234 e. The number of Topliss-reactive ketones (excluding diaryl/α,β-unsaturated/α-hetero) is 1. The molecular formula is C22H26N2O2S. The van der Waals surface area contributed by atoms with Crippen LogP contribution in [0.5, 0.6) is 0 Å². The summed E-state index contributed by atoms with van der Waals surface area (Å²) in [4.78, 5) is 29.2. The quantitative estimate of drug-likeness (QED) is 0.774. The Morgan fingerprint density at radius 3 is 2.52 bits per heavy atom. The van der Waals surface area contributed by atoms with Crippen molar-refractivity contribution in [3.05, 3.63) is 34.0 Å². The predicted octanol–water partition coefficient (Wildman–Crippen LogP) is 4.08. The normalized spacial score (nSPS) is 33.7. The van der Waals surface area contributed by atoms with Crippen LogP contribution in [-0.2, 0) is 15.0 Å². The summed E-state index contributed by atoms with van der Waals surface area (Å²) < 4.78 is 0. The molecule has 0 aromatic carbocycles. The second-order valence-electron chi connectivity index (χ2n) is 9.84. The summed E-state index contributed by atoms with van der Waals surface area (Å²) in [5.41, 5.74) is -0.980. The van der Waals surface area contributed by atoms with Crippen molar-refractivity contribution in [1.29, 1.82) is 5.26 Å². The molecule has 0 N–H and O–H groups in total. The van der Waals surface area contributed by atoms with Crippen LogP contribution >= 0.6 is 11.3 Å². The zero-order chi connectivity index (χ0) is 19.7. The van der Waals surface area contributed by atoms with E-state index in [0.717, 1.165) is 17.7 Å². The Hall–Kier alpha value is -1.93. The van der Waals surface area contributed by atoms with Crippen molar-refractivity contribution in [3.8, 4) is 6.07 Å². The zero-order valence-electron chi connectivity index (χ0n) is 16.5. The number of hydrogen-bond donors (Lipinski definition) is 0. The minimum absolute atomic E-state index is 0.0276. The van der Waals surface area contributed by atoms with Gasteiger partial charge < -0.3 is 4.90 Å². The third kappa shape index (κ3) is 2.53. The summed E-state index contributed by atoms with van der Waals surface area (Å²) >= 11 is 1.67. The second-order valence-corrected chi connectivity index (χ2v) is 10.8. The van der Waals surface area contributed by atoms with E-state index in [1.165, 1.54) is 0 Å². The lowest BCUT2D eigenvalue weighted by Crippen LogP contribution is -2.43. The van der Waals surface area contributed by atoms with E-state index in [9.17, 15) is 14.9 Å². The molecule has 4 rings (SSSR count). The monoisotopic (exact) mass is 382 g/mol. The van der Waals surface area contributed by atoms with Crippen LogP contribution in [0.1, 0.15) is 51.8 Å². The van der Waals surface area contributed by atoms with E-state index in [-0.39, 0.29) is 28.1 Å². The topological polar surface area (TPSA) is 61.2 Å². The number of likely N-dealkylation sites (tertiary alicyclic amines) is 1. The van der Waals surface area contributed by atoms with Crippen LogP contribution in [0, 0.1) is 27.6 Å². The number of carbonyl (C=O) groups excluding carboxylic acids is 2. The minimum atomic E-state index is -0.552. The number of hydrogen-bond acceptors (Lipinski definition) is 4. The van der Waals surface area contributed by atoms with Crippen LogP contribution in [0.25, 0.3) is 0 Å². The van der Waals surface area contributed by atoms with Gasteiger partial charge in [0.25, 0.3) is 0 Å². The summed E-state index contributed by atoms with van der Waals surface area (Å²) in [6, 6.07) is 6.19. The van der Waals surface area contributed by atoms with Gasteiger partial charge in [0, 0.05) is 28.8 Å². The number of ketones is 1. The standard InChI is InChI=1S/C22H26N2O2S/c1-19(2)12-21(10-15(11-23)17(19)25)7-8-24(14-21)18(26)22(13-20(22,3)4)16-6-5-9-27-16/h5-6,9-10H,7-8,12-14H2,1-4H3/t21-,22?/m0/s1. The van der Waals surface area contributed by atoms with Crippen LogP contribution in [0.2, 0.25) is 0 Å². The highest BCUT2D eigenvalue weighted by molar-refractivity contribution is 7.10. The Kier molecular flexibility index (Phi) is 3.79. The molecule has 1 saturated heterocycles. The number of carbonyl (C=O) groups is 2. The average molecular weight is 383 g/mol. The van der Waals surface area contributed by atoms with E-state index in [2.05, 4.69) is 26.0 Å². The van der Waals surface area contributed by atoms with Gasteiger partial charge >= 0.3 is 0 Å². The molecule has 5 heteroatoms. The van der Waals surface area contributed by atoms with Crippen molar-refractivity contribution in [1.82, 2.24) is 4.90 Å². The number of amides is 1. The van der Waals surface area contributed by atoms with Crippen molar-refractivity contribution in [2.75, 3.05) is 13.1 Å². The van der Waals surface area contributed by atoms with E-state index in [1.54, 1.807) is 11.3 Å². The average Bonchev–Trinajstić information content (AvgIpc) is 3.02. The number of nitrogens with zero attached hydrogens (tertiary/aromatic N) is 2. The number of thiophene rings is 1. The van der Waals surface area contributed by atoms with Crippen LogP contribution in [0.15, 0.2) is 29.2 Å². The van der Waals surface area contributed by atoms with Gasteiger partial charge in [0.05, 0.1) is 11.0 Å². The molecule has 1 unspecified atom stereocenters. The maximum atomic E-state index is 13.6. The van der Waals surface area contributed by atoms with Gasteiger partial charge in [-0.25, -0.2) is 0 Å². The van der Waals surface area contributed by atoms with Crippen molar-refractivity contribution >= 4 is 23.0 Å². The van der Waals surface area contributed by atoms with Gasteiger partial charge in [-0.3, -0.25) is 9.59 Å². The molecule has 1 amide bonds. The summed E-state index contributed by atoms with van der Waals surface area (Å²) in [6.07, 6.45) is 4.26. The fraction of sp³-hybridized carbons (Fsp3) is 0.591. The minimum Gasteiger partial charge on any atom is -0.341 e. The molecule has 1 saturated carbocycles. The number of allylic oxidation sites excluding steroid dienone is 1. The summed E-state index contributed by atoms with van der Waals surface area (Å²) in [5.74, 6) is 0.146. The lowest BCUT2D eigenvalue weighted by atomic mass is 9.64. The lowest BCUT2D eigenvalue weighted by Gasteiger charge is -2.38. The molecule has 1 aliphatic heterocycles. The van der Waals surface area contributed by atoms with Crippen molar-refractivity contribution in [2.45, 2.75) is 52.4 Å². The maximum absolute atomic E-state index is 13.6. The highest BCUT2D eigenvalue weighted by atomic mass is 32.1. The van der Waals surface area contributed by atoms with Crippen molar-refractivity contribution < 1.29 is 9.59 Å². The molecule has 142 valence electrons.